The highest BCUT2D eigenvalue weighted by Crippen LogP contribution is 2.73. The van der Waals surface area contributed by atoms with Crippen LogP contribution in [0.2, 0.25) is 0 Å². The summed E-state index contributed by atoms with van der Waals surface area (Å²) in [5.74, 6) is 2.99. The Labute approximate surface area is 182 Å². The molecule has 4 bridgehead atoms. The van der Waals surface area contributed by atoms with Crippen molar-refractivity contribution in [3.8, 4) is 5.75 Å². The standard InChI is InChI=1S/C26H27NO4/c1-15(28)29-20-7-8-22-24(14-20)27(2)23-6-4-3-5-21(23)26(22)25(30-31-26)18-10-16-9-17(12-18)13-19(25)11-16/h3-8,14,16-19H,9-13H2,1-2H3. The molecule has 2 aromatic rings. The molecule has 5 nitrogen and oxygen atoms in total. The normalized spacial score (nSPS) is 38.7. The number of rotatable bonds is 1. The molecule has 6 aliphatic rings. The van der Waals surface area contributed by atoms with Gasteiger partial charge in [-0.3, -0.25) is 4.79 Å². The van der Waals surface area contributed by atoms with Crippen molar-refractivity contribution in [3.63, 3.8) is 0 Å². The Kier molecular flexibility index (Phi) is 3.47. The largest absolute Gasteiger partial charge is 0.427 e. The summed E-state index contributed by atoms with van der Waals surface area (Å²) < 4.78 is 5.43. The first-order valence-electron chi connectivity index (χ1n) is 11.6. The molecule has 0 N–H and O–H groups in total. The molecule has 2 aliphatic heterocycles. The third kappa shape index (κ3) is 2.07. The van der Waals surface area contributed by atoms with Crippen LogP contribution in [0.5, 0.6) is 5.75 Å². The number of esters is 1. The predicted molar refractivity (Wildman–Crippen MR) is 115 cm³/mol. The Bertz CT molecular complexity index is 1080. The van der Waals surface area contributed by atoms with Crippen LogP contribution in [0.15, 0.2) is 42.5 Å². The van der Waals surface area contributed by atoms with Crippen LogP contribution in [-0.2, 0) is 20.2 Å². The molecule has 31 heavy (non-hydrogen) atoms. The molecule has 1 unspecified atom stereocenters. The Morgan fingerprint density at radius 1 is 0.935 bits per heavy atom. The van der Waals surface area contributed by atoms with Gasteiger partial charge >= 0.3 is 5.97 Å². The maximum absolute atomic E-state index is 11.6. The lowest BCUT2D eigenvalue weighted by atomic mass is 9.44. The van der Waals surface area contributed by atoms with Gasteiger partial charge in [0.2, 0.25) is 0 Å². The van der Waals surface area contributed by atoms with Gasteiger partial charge in [0.05, 0.1) is 5.69 Å². The van der Waals surface area contributed by atoms with Crippen LogP contribution >= 0.6 is 0 Å². The van der Waals surface area contributed by atoms with E-state index in [9.17, 15) is 4.79 Å². The SMILES string of the molecule is CC(=O)Oc1ccc2c(c1)N(C)c1ccccc1C21OOC12C1CC3CC(C1)CC2C3. The molecule has 1 atom stereocenters. The summed E-state index contributed by atoms with van der Waals surface area (Å²) >= 11 is 0. The highest BCUT2D eigenvalue weighted by molar-refractivity contribution is 5.80. The number of benzene rings is 2. The van der Waals surface area contributed by atoms with Crippen molar-refractivity contribution in [1.29, 1.82) is 0 Å². The minimum atomic E-state index is -0.608. The number of carbonyl (C=O) groups is 1. The number of nitrogens with zero attached hydrogens (tertiary/aromatic N) is 1. The fraction of sp³-hybridized carbons (Fsp3) is 0.500. The van der Waals surface area contributed by atoms with E-state index in [-0.39, 0.29) is 11.6 Å². The summed E-state index contributed by atoms with van der Waals surface area (Å²) in [6.45, 7) is 1.44. The van der Waals surface area contributed by atoms with Crippen LogP contribution in [-0.4, -0.2) is 18.6 Å². The zero-order valence-electron chi connectivity index (χ0n) is 18.0. The van der Waals surface area contributed by atoms with Gasteiger partial charge in [0.1, 0.15) is 11.4 Å². The minimum absolute atomic E-state index is 0.310. The second-order valence-corrected chi connectivity index (χ2v) is 10.3. The third-order valence-electron chi connectivity index (χ3n) is 8.82. The van der Waals surface area contributed by atoms with Crippen molar-refractivity contribution in [2.24, 2.45) is 23.7 Å². The molecule has 4 saturated carbocycles. The van der Waals surface area contributed by atoms with Gasteiger partial charge in [-0.2, -0.15) is 0 Å². The highest BCUT2D eigenvalue weighted by atomic mass is 17.3. The van der Waals surface area contributed by atoms with E-state index in [0.29, 0.717) is 17.6 Å². The number of fused-ring (bicyclic) bond motifs is 4. The number of ether oxygens (including phenoxy) is 1. The monoisotopic (exact) mass is 417 g/mol. The molecule has 160 valence electrons. The van der Waals surface area contributed by atoms with Crippen molar-refractivity contribution in [1.82, 2.24) is 0 Å². The second-order valence-electron chi connectivity index (χ2n) is 10.3. The van der Waals surface area contributed by atoms with E-state index in [4.69, 9.17) is 14.5 Å². The minimum Gasteiger partial charge on any atom is -0.427 e. The lowest BCUT2D eigenvalue weighted by molar-refractivity contribution is -0.583. The van der Waals surface area contributed by atoms with E-state index >= 15 is 0 Å². The zero-order valence-corrected chi connectivity index (χ0v) is 18.0. The third-order valence-corrected chi connectivity index (χ3v) is 8.82. The lowest BCUT2D eigenvalue weighted by Gasteiger charge is -2.70. The molecule has 5 fully saturated rings. The van der Waals surface area contributed by atoms with E-state index in [1.165, 1.54) is 44.6 Å². The first-order chi connectivity index (χ1) is 15.0. The molecule has 1 saturated heterocycles. The predicted octanol–water partition coefficient (Wildman–Crippen LogP) is 5.09. The molecule has 0 amide bonds. The van der Waals surface area contributed by atoms with E-state index in [1.54, 1.807) is 0 Å². The summed E-state index contributed by atoms with van der Waals surface area (Å²) in [7, 11) is 2.07. The van der Waals surface area contributed by atoms with Crippen LogP contribution in [0.1, 0.15) is 50.2 Å². The van der Waals surface area contributed by atoms with Gasteiger partial charge in [-0.15, -0.1) is 0 Å². The fourth-order valence-electron chi connectivity index (χ4n) is 7.98. The summed E-state index contributed by atoms with van der Waals surface area (Å²) in [6, 6.07) is 14.5. The molecule has 2 heterocycles. The van der Waals surface area contributed by atoms with Gasteiger partial charge in [0.25, 0.3) is 0 Å². The van der Waals surface area contributed by atoms with Crippen LogP contribution in [0.4, 0.5) is 11.4 Å². The highest BCUT2D eigenvalue weighted by Gasteiger charge is 2.77. The number of carbonyl (C=O) groups excluding carboxylic acids is 1. The summed E-state index contributed by atoms with van der Waals surface area (Å²) in [5.41, 5.74) is 3.56. The first kappa shape index (κ1) is 18.2. The van der Waals surface area contributed by atoms with E-state index in [1.807, 2.05) is 12.1 Å². The molecular formula is C26H27NO4. The Morgan fingerprint density at radius 3 is 2.26 bits per heavy atom. The van der Waals surface area contributed by atoms with Gasteiger partial charge in [-0.1, -0.05) is 18.2 Å². The van der Waals surface area contributed by atoms with Crippen LogP contribution in [0.3, 0.4) is 0 Å². The van der Waals surface area contributed by atoms with Crippen LogP contribution in [0.25, 0.3) is 0 Å². The van der Waals surface area contributed by atoms with Gasteiger partial charge in [-0.25, -0.2) is 9.78 Å². The molecule has 5 heteroatoms. The van der Waals surface area contributed by atoms with E-state index in [0.717, 1.165) is 28.8 Å². The summed E-state index contributed by atoms with van der Waals surface area (Å²) in [6.07, 6.45) is 6.39. The molecule has 0 aromatic heterocycles. The average molecular weight is 418 g/mol. The smallest absolute Gasteiger partial charge is 0.308 e. The van der Waals surface area contributed by atoms with E-state index in [2.05, 4.69) is 42.3 Å². The van der Waals surface area contributed by atoms with Gasteiger partial charge in [0, 0.05) is 36.9 Å². The van der Waals surface area contributed by atoms with Crippen LogP contribution < -0.4 is 9.64 Å². The van der Waals surface area contributed by atoms with Gasteiger partial charge in [-0.05, 0) is 74.0 Å². The maximum Gasteiger partial charge on any atom is 0.308 e. The molecule has 2 spiro atoms. The van der Waals surface area contributed by atoms with Crippen molar-refractivity contribution >= 4 is 17.3 Å². The van der Waals surface area contributed by atoms with Gasteiger partial charge < -0.3 is 9.64 Å². The molecule has 8 rings (SSSR count). The fourth-order valence-corrected chi connectivity index (χ4v) is 7.98. The number of hydrogen-bond donors (Lipinski definition) is 0. The maximum atomic E-state index is 11.6. The lowest BCUT2D eigenvalue weighted by Crippen LogP contribution is -2.76. The molecule has 4 aliphatic carbocycles. The summed E-state index contributed by atoms with van der Waals surface area (Å²) in [5, 5.41) is 0. The Morgan fingerprint density at radius 2 is 1.61 bits per heavy atom. The summed E-state index contributed by atoms with van der Waals surface area (Å²) in [4.78, 5) is 26.4. The van der Waals surface area contributed by atoms with Crippen LogP contribution in [0, 0.1) is 23.7 Å². The average Bonchev–Trinajstić information content (AvgIpc) is 2.73. The van der Waals surface area contributed by atoms with Crippen molar-refractivity contribution in [3.05, 3.63) is 53.6 Å². The number of anilines is 2. The topological polar surface area (TPSA) is 48.0 Å². The van der Waals surface area contributed by atoms with Crippen molar-refractivity contribution in [2.75, 3.05) is 11.9 Å². The molecule has 0 radical (unpaired) electrons. The zero-order chi connectivity index (χ0) is 21.0. The van der Waals surface area contributed by atoms with E-state index < -0.39 is 5.60 Å². The Hall–Kier alpha value is -2.37. The van der Waals surface area contributed by atoms with Crippen molar-refractivity contribution in [2.45, 2.75) is 50.2 Å². The Balaban J connectivity index is 1.46. The quantitative estimate of drug-likeness (QED) is 0.367. The molecule has 2 aromatic carbocycles. The number of para-hydroxylation sites is 1. The second kappa shape index (κ2) is 5.90. The first-order valence-corrected chi connectivity index (χ1v) is 11.6. The van der Waals surface area contributed by atoms with Gasteiger partial charge in [0.15, 0.2) is 5.60 Å². The molecular weight excluding hydrogens is 390 g/mol. The number of hydrogen-bond acceptors (Lipinski definition) is 5. The van der Waals surface area contributed by atoms with Crippen molar-refractivity contribution < 1.29 is 19.3 Å².